The Morgan fingerprint density at radius 3 is 2.57 bits per heavy atom. The smallest absolute Gasteiger partial charge is 0.353 e. The van der Waals surface area contributed by atoms with E-state index in [1.807, 2.05) is 20.8 Å². The van der Waals surface area contributed by atoms with Crippen LogP contribution >= 0.6 is 23.1 Å². The zero-order chi connectivity index (χ0) is 17.0. The van der Waals surface area contributed by atoms with E-state index in [2.05, 4.69) is 4.98 Å². The molecule has 1 aromatic heterocycles. The number of carboxylic acids is 1. The maximum atomic E-state index is 12.2. The lowest BCUT2D eigenvalue weighted by Gasteiger charge is -2.46. The van der Waals surface area contributed by atoms with Crippen molar-refractivity contribution in [2.75, 3.05) is 0 Å². The molecule has 4 atom stereocenters. The molecule has 1 amide bonds. The van der Waals surface area contributed by atoms with E-state index in [9.17, 15) is 19.8 Å². The first-order chi connectivity index (χ1) is 10.7. The molecule has 2 aliphatic rings. The van der Waals surface area contributed by atoms with Gasteiger partial charge >= 0.3 is 5.97 Å². The van der Waals surface area contributed by atoms with Crippen molar-refractivity contribution in [1.82, 2.24) is 9.88 Å². The fourth-order valence-corrected chi connectivity index (χ4v) is 5.67. The standard InChI is InChI=1S/C15H18N2O4S2/c1-5-10-9(7(3)18)13(19)17(10)11(14(20)21)12(5)23-15-16-6(2)8(4)22-15/h5,7,9-10,18H,1-4H3,(H,20,21). The third-order valence-electron chi connectivity index (χ3n) is 4.52. The molecule has 3 rings (SSSR count). The number of aliphatic carboxylic acids is 1. The molecule has 0 aliphatic carbocycles. The lowest BCUT2D eigenvalue weighted by atomic mass is 9.79. The fourth-order valence-electron chi connectivity index (χ4n) is 3.24. The van der Waals surface area contributed by atoms with Gasteiger partial charge in [0.15, 0.2) is 4.34 Å². The Balaban J connectivity index is 1.97. The normalized spacial score (nSPS) is 28.0. The van der Waals surface area contributed by atoms with Crippen LogP contribution in [-0.4, -0.2) is 44.1 Å². The van der Waals surface area contributed by atoms with Gasteiger partial charge in [0.2, 0.25) is 5.91 Å². The average molecular weight is 354 g/mol. The van der Waals surface area contributed by atoms with Crippen molar-refractivity contribution < 1.29 is 19.8 Å². The Morgan fingerprint density at radius 1 is 1.43 bits per heavy atom. The molecule has 8 heteroatoms. The molecule has 23 heavy (non-hydrogen) atoms. The van der Waals surface area contributed by atoms with Gasteiger partial charge in [-0.2, -0.15) is 0 Å². The van der Waals surface area contributed by atoms with E-state index in [1.54, 1.807) is 6.92 Å². The number of hydrogen-bond acceptors (Lipinski definition) is 6. The highest BCUT2D eigenvalue weighted by atomic mass is 32.2. The van der Waals surface area contributed by atoms with Crippen LogP contribution in [0.15, 0.2) is 14.9 Å². The maximum Gasteiger partial charge on any atom is 0.353 e. The van der Waals surface area contributed by atoms with Gasteiger partial charge in [0.05, 0.1) is 23.8 Å². The molecule has 1 aromatic rings. The number of aryl methyl sites for hydroxylation is 2. The second-order valence-corrected chi connectivity index (χ2v) is 8.49. The van der Waals surface area contributed by atoms with Crippen molar-refractivity contribution in [3.63, 3.8) is 0 Å². The van der Waals surface area contributed by atoms with Gasteiger partial charge < -0.3 is 15.1 Å². The van der Waals surface area contributed by atoms with Crippen LogP contribution in [0.3, 0.4) is 0 Å². The number of carbonyl (C=O) groups excluding carboxylic acids is 1. The minimum atomic E-state index is -1.11. The molecule has 0 saturated carbocycles. The summed E-state index contributed by atoms with van der Waals surface area (Å²) >= 11 is 2.84. The number of hydrogen-bond donors (Lipinski definition) is 2. The van der Waals surface area contributed by atoms with Gasteiger partial charge in [-0.3, -0.25) is 4.79 Å². The minimum Gasteiger partial charge on any atom is -0.477 e. The van der Waals surface area contributed by atoms with Crippen LogP contribution in [-0.2, 0) is 9.59 Å². The van der Waals surface area contributed by atoms with Gasteiger partial charge in [-0.25, -0.2) is 9.78 Å². The van der Waals surface area contributed by atoms with Gasteiger partial charge in [-0.15, -0.1) is 11.3 Å². The highest BCUT2D eigenvalue weighted by Crippen LogP contribution is 2.52. The van der Waals surface area contributed by atoms with E-state index in [1.165, 1.54) is 28.0 Å². The second-order valence-electron chi connectivity index (χ2n) is 6.00. The number of aliphatic hydroxyl groups excluding tert-OH is 1. The Labute approximate surface area is 142 Å². The zero-order valence-electron chi connectivity index (χ0n) is 13.2. The van der Waals surface area contributed by atoms with Crippen LogP contribution < -0.4 is 0 Å². The molecule has 0 bridgehead atoms. The summed E-state index contributed by atoms with van der Waals surface area (Å²) in [7, 11) is 0. The molecular formula is C15H18N2O4S2. The summed E-state index contributed by atoms with van der Waals surface area (Å²) in [5, 5.41) is 19.4. The average Bonchev–Trinajstić information content (AvgIpc) is 2.87. The number of carbonyl (C=O) groups is 2. The van der Waals surface area contributed by atoms with Crippen LogP contribution in [0.2, 0.25) is 0 Å². The molecule has 3 heterocycles. The topological polar surface area (TPSA) is 90.7 Å². The number of aromatic nitrogens is 1. The number of β-lactam (4-membered cyclic amide) rings is 1. The number of carboxylic acid groups (broad SMARTS) is 1. The van der Waals surface area contributed by atoms with Crippen molar-refractivity contribution in [3.05, 3.63) is 21.2 Å². The Hall–Kier alpha value is -1.38. The predicted octanol–water partition coefficient (Wildman–Crippen LogP) is 2.01. The van der Waals surface area contributed by atoms with E-state index in [-0.39, 0.29) is 23.6 Å². The molecule has 0 spiro atoms. The van der Waals surface area contributed by atoms with Crippen molar-refractivity contribution in [1.29, 1.82) is 0 Å². The molecule has 0 radical (unpaired) electrons. The van der Waals surface area contributed by atoms with E-state index >= 15 is 0 Å². The number of fused-ring (bicyclic) bond motifs is 1. The van der Waals surface area contributed by atoms with E-state index < -0.39 is 18.0 Å². The van der Waals surface area contributed by atoms with Gasteiger partial charge in [0.1, 0.15) is 5.70 Å². The van der Waals surface area contributed by atoms with Crippen molar-refractivity contribution in [3.8, 4) is 0 Å². The Kier molecular flexibility index (Phi) is 4.02. The lowest BCUT2D eigenvalue weighted by Crippen LogP contribution is -2.63. The molecule has 1 fully saturated rings. The minimum absolute atomic E-state index is 0.0416. The summed E-state index contributed by atoms with van der Waals surface area (Å²) in [6.07, 6.45) is -0.782. The summed E-state index contributed by atoms with van der Waals surface area (Å²) in [4.78, 5) is 31.5. The van der Waals surface area contributed by atoms with Gasteiger partial charge in [0.25, 0.3) is 0 Å². The van der Waals surface area contributed by atoms with E-state index in [0.29, 0.717) is 4.91 Å². The molecule has 2 N–H and O–H groups in total. The number of rotatable bonds is 4. The molecule has 2 aliphatic heterocycles. The number of amides is 1. The highest BCUT2D eigenvalue weighted by Gasteiger charge is 2.60. The third-order valence-corrected chi connectivity index (χ3v) is 6.94. The van der Waals surface area contributed by atoms with Gasteiger partial charge in [-0.05, 0) is 20.8 Å². The molecular weight excluding hydrogens is 336 g/mol. The van der Waals surface area contributed by atoms with Gasteiger partial charge in [0, 0.05) is 15.7 Å². The molecule has 4 unspecified atom stereocenters. The predicted molar refractivity (Wildman–Crippen MR) is 87.1 cm³/mol. The van der Waals surface area contributed by atoms with E-state index in [0.717, 1.165) is 14.9 Å². The lowest BCUT2D eigenvalue weighted by molar-refractivity contribution is -0.163. The van der Waals surface area contributed by atoms with E-state index in [4.69, 9.17) is 0 Å². The largest absolute Gasteiger partial charge is 0.477 e. The number of thiazole rings is 1. The first kappa shape index (κ1) is 16.5. The summed E-state index contributed by atoms with van der Waals surface area (Å²) in [6, 6.07) is -0.279. The highest BCUT2D eigenvalue weighted by molar-refractivity contribution is 8.04. The van der Waals surface area contributed by atoms with Crippen LogP contribution in [0.1, 0.15) is 24.4 Å². The first-order valence-electron chi connectivity index (χ1n) is 7.34. The summed E-state index contributed by atoms with van der Waals surface area (Å²) in [5.74, 6) is -2.08. The zero-order valence-corrected chi connectivity index (χ0v) is 14.9. The maximum absolute atomic E-state index is 12.2. The third kappa shape index (κ3) is 2.40. The molecule has 1 saturated heterocycles. The van der Waals surface area contributed by atoms with Crippen LogP contribution in [0, 0.1) is 25.7 Å². The SMILES string of the molecule is Cc1nc(SC2=C(C(=O)O)N3C(=O)C(C(C)O)C3C2C)sc1C. The first-order valence-corrected chi connectivity index (χ1v) is 8.97. The van der Waals surface area contributed by atoms with Crippen LogP contribution in [0.5, 0.6) is 0 Å². The molecule has 6 nitrogen and oxygen atoms in total. The number of aliphatic hydroxyl groups is 1. The molecule has 0 aromatic carbocycles. The monoisotopic (exact) mass is 354 g/mol. The summed E-state index contributed by atoms with van der Waals surface area (Å²) < 4.78 is 0.782. The number of thioether (sulfide) groups is 1. The quantitative estimate of drug-likeness (QED) is 0.804. The van der Waals surface area contributed by atoms with Gasteiger partial charge in [-0.1, -0.05) is 18.7 Å². The van der Waals surface area contributed by atoms with Crippen molar-refractivity contribution in [2.24, 2.45) is 11.8 Å². The number of nitrogens with zero attached hydrogens (tertiary/aromatic N) is 2. The second kappa shape index (κ2) is 5.61. The van der Waals surface area contributed by atoms with Crippen LogP contribution in [0.25, 0.3) is 0 Å². The Morgan fingerprint density at radius 2 is 2.09 bits per heavy atom. The van der Waals surface area contributed by atoms with Crippen LogP contribution in [0.4, 0.5) is 0 Å². The summed E-state index contributed by atoms with van der Waals surface area (Å²) in [6.45, 7) is 7.37. The van der Waals surface area contributed by atoms with Crippen molar-refractivity contribution >= 4 is 35.0 Å². The molecule has 124 valence electrons. The van der Waals surface area contributed by atoms with Crippen molar-refractivity contribution in [2.45, 2.75) is 44.2 Å². The summed E-state index contributed by atoms with van der Waals surface area (Å²) in [5.41, 5.74) is 0.974. The fraction of sp³-hybridized carbons (Fsp3) is 0.533. The Bertz CT molecular complexity index is 706.